The number of carbonyl (C=O) groups is 1. The topological polar surface area (TPSA) is 64.3 Å². The molecule has 1 atom stereocenters. The van der Waals surface area contributed by atoms with Gasteiger partial charge in [-0.05, 0) is 31.2 Å². The maximum atomic E-state index is 13.0. The molecule has 1 aromatic heterocycles. The first kappa shape index (κ1) is 17.6. The average Bonchev–Trinajstić information content (AvgIpc) is 3.32. The van der Waals surface area contributed by atoms with Crippen LogP contribution >= 0.6 is 23.2 Å². The first-order valence-corrected chi connectivity index (χ1v) is 9.62. The van der Waals surface area contributed by atoms with Gasteiger partial charge >= 0.3 is 0 Å². The first-order valence-electron chi connectivity index (χ1n) is 8.87. The Labute approximate surface area is 162 Å². The van der Waals surface area contributed by atoms with Crippen molar-refractivity contribution in [1.82, 2.24) is 20.4 Å². The highest BCUT2D eigenvalue weighted by Crippen LogP contribution is 2.30. The molecule has 2 fully saturated rings. The largest absolute Gasteiger partial charge is 0.367 e. The number of halogens is 2. The molecule has 0 bridgehead atoms. The molecule has 0 spiro atoms. The third-order valence-electron chi connectivity index (χ3n) is 5.19. The van der Waals surface area contributed by atoms with Crippen LogP contribution in [0, 0.1) is 0 Å². The SMILES string of the molecule is O=C(c1cn[nH]c1C1CCNC1)N1CCN(c2ccc(Cl)cc2Cl)CC1. The van der Waals surface area contributed by atoms with E-state index in [4.69, 9.17) is 23.2 Å². The van der Waals surface area contributed by atoms with Gasteiger partial charge in [-0.2, -0.15) is 5.10 Å². The van der Waals surface area contributed by atoms with Crippen molar-refractivity contribution in [1.29, 1.82) is 0 Å². The number of aromatic nitrogens is 2. The minimum atomic E-state index is 0.0579. The molecule has 2 aromatic rings. The monoisotopic (exact) mass is 393 g/mol. The van der Waals surface area contributed by atoms with Crippen LogP contribution in [0.5, 0.6) is 0 Å². The highest BCUT2D eigenvalue weighted by atomic mass is 35.5. The predicted molar refractivity (Wildman–Crippen MR) is 103 cm³/mol. The Morgan fingerprint density at radius 1 is 1.19 bits per heavy atom. The van der Waals surface area contributed by atoms with E-state index in [0.29, 0.717) is 34.6 Å². The number of piperazine rings is 1. The summed E-state index contributed by atoms with van der Waals surface area (Å²) in [5.41, 5.74) is 2.63. The second-order valence-corrected chi connectivity index (χ2v) is 7.61. The maximum Gasteiger partial charge on any atom is 0.257 e. The van der Waals surface area contributed by atoms with Gasteiger partial charge < -0.3 is 15.1 Å². The number of nitrogens with one attached hydrogen (secondary N) is 2. The molecule has 8 heteroatoms. The lowest BCUT2D eigenvalue weighted by Crippen LogP contribution is -2.49. The van der Waals surface area contributed by atoms with Crippen LogP contribution in [0.15, 0.2) is 24.4 Å². The Hall–Kier alpha value is -1.76. The third kappa shape index (κ3) is 3.41. The number of anilines is 1. The second-order valence-electron chi connectivity index (χ2n) is 6.76. The number of rotatable bonds is 3. The molecule has 0 radical (unpaired) electrons. The van der Waals surface area contributed by atoms with Crippen LogP contribution in [0.2, 0.25) is 10.0 Å². The van der Waals surface area contributed by atoms with Crippen LogP contribution in [0.4, 0.5) is 5.69 Å². The number of hydrogen-bond acceptors (Lipinski definition) is 4. The van der Waals surface area contributed by atoms with Gasteiger partial charge in [-0.1, -0.05) is 23.2 Å². The van der Waals surface area contributed by atoms with Crippen LogP contribution in [0.3, 0.4) is 0 Å². The molecule has 1 unspecified atom stereocenters. The summed E-state index contributed by atoms with van der Waals surface area (Å²) in [4.78, 5) is 17.1. The molecule has 1 amide bonds. The molecular weight excluding hydrogens is 373 g/mol. The number of amides is 1. The molecule has 3 heterocycles. The smallest absolute Gasteiger partial charge is 0.257 e. The van der Waals surface area contributed by atoms with E-state index >= 15 is 0 Å². The molecule has 0 aliphatic carbocycles. The number of benzene rings is 1. The van der Waals surface area contributed by atoms with Crippen molar-refractivity contribution >= 4 is 34.8 Å². The van der Waals surface area contributed by atoms with Gasteiger partial charge in [0, 0.05) is 43.7 Å². The van der Waals surface area contributed by atoms with Crippen LogP contribution in [-0.2, 0) is 0 Å². The lowest BCUT2D eigenvalue weighted by Gasteiger charge is -2.36. The summed E-state index contributed by atoms with van der Waals surface area (Å²) in [5.74, 6) is 0.396. The fourth-order valence-corrected chi connectivity index (χ4v) is 4.27. The van der Waals surface area contributed by atoms with E-state index in [1.165, 1.54) is 0 Å². The molecule has 2 aliphatic heterocycles. The standard InChI is InChI=1S/C18H21Cl2N5O/c19-13-1-2-16(15(20)9-13)24-5-7-25(8-6-24)18(26)14-11-22-23-17(14)12-3-4-21-10-12/h1-2,9,11-12,21H,3-8,10H2,(H,22,23). The lowest BCUT2D eigenvalue weighted by atomic mass is 10.0. The van der Waals surface area contributed by atoms with Gasteiger partial charge in [0.05, 0.1) is 28.2 Å². The Bertz CT molecular complexity index is 795. The van der Waals surface area contributed by atoms with Crippen molar-refractivity contribution in [3.8, 4) is 0 Å². The zero-order valence-corrected chi connectivity index (χ0v) is 15.9. The summed E-state index contributed by atoms with van der Waals surface area (Å²) in [6.07, 6.45) is 2.70. The molecule has 2 aliphatic rings. The van der Waals surface area contributed by atoms with Crippen LogP contribution in [0.1, 0.15) is 28.4 Å². The van der Waals surface area contributed by atoms with Crippen molar-refractivity contribution in [3.63, 3.8) is 0 Å². The van der Waals surface area contributed by atoms with Crippen molar-refractivity contribution in [2.75, 3.05) is 44.2 Å². The minimum absolute atomic E-state index is 0.0579. The summed E-state index contributed by atoms with van der Waals surface area (Å²) in [5, 5.41) is 11.8. The summed E-state index contributed by atoms with van der Waals surface area (Å²) in [7, 11) is 0. The van der Waals surface area contributed by atoms with Gasteiger partial charge in [-0.15, -0.1) is 0 Å². The predicted octanol–water partition coefficient (Wildman–Crippen LogP) is 2.76. The minimum Gasteiger partial charge on any atom is -0.367 e. The molecule has 2 N–H and O–H groups in total. The quantitative estimate of drug-likeness (QED) is 0.841. The highest BCUT2D eigenvalue weighted by Gasteiger charge is 2.29. The Morgan fingerprint density at radius 3 is 2.69 bits per heavy atom. The van der Waals surface area contributed by atoms with Gasteiger partial charge in [0.1, 0.15) is 0 Å². The summed E-state index contributed by atoms with van der Waals surface area (Å²) in [6, 6.07) is 5.53. The van der Waals surface area contributed by atoms with Crippen molar-refractivity contribution in [3.05, 3.63) is 45.7 Å². The number of carbonyl (C=O) groups excluding carboxylic acids is 1. The highest BCUT2D eigenvalue weighted by molar-refractivity contribution is 6.36. The maximum absolute atomic E-state index is 13.0. The number of H-pyrrole nitrogens is 1. The summed E-state index contributed by atoms with van der Waals surface area (Å²) in [6.45, 7) is 4.68. The zero-order valence-electron chi connectivity index (χ0n) is 14.3. The molecule has 4 rings (SSSR count). The van der Waals surface area contributed by atoms with E-state index in [-0.39, 0.29) is 5.91 Å². The fourth-order valence-electron chi connectivity index (χ4n) is 3.74. The van der Waals surface area contributed by atoms with Crippen LogP contribution in [-0.4, -0.2) is 60.3 Å². The molecule has 6 nitrogen and oxygen atoms in total. The number of nitrogens with zero attached hydrogens (tertiary/aromatic N) is 3. The second kappa shape index (κ2) is 7.47. The normalized spacial score (nSPS) is 20.6. The molecule has 1 aromatic carbocycles. The number of aromatic amines is 1. The number of hydrogen-bond donors (Lipinski definition) is 2. The Morgan fingerprint density at radius 2 is 2.00 bits per heavy atom. The van der Waals surface area contributed by atoms with Crippen LogP contribution in [0.25, 0.3) is 0 Å². The summed E-state index contributed by atoms with van der Waals surface area (Å²) < 4.78 is 0. The van der Waals surface area contributed by atoms with Gasteiger partial charge in [0.15, 0.2) is 0 Å². The third-order valence-corrected chi connectivity index (χ3v) is 5.72. The first-order chi connectivity index (χ1) is 12.6. The fraction of sp³-hybridized carbons (Fsp3) is 0.444. The average molecular weight is 394 g/mol. The van der Waals surface area contributed by atoms with Crippen molar-refractivity contribution in [2.45, 2.75) is 12.3 Å². The Kier molecular flexibility index (Phi) is 5.07. The van der Waals surface area contributed by atoms with Gasteiger partial charge in [0.2, 0.25) is 0 Å². The van der Waals surface area contributed by atoms with E-state index in [9.17, 15) is 4.79 Å². The molecular formula is C18H21Cl2N5O. The zero-order chi connectivity index (χ0) is 18.1. The Balaban J connectivity index is 1.43. The summed E-state index contributed by atoms with van der Waals surface area (Å²) >= 11 is 12.3. The lowest BCUT2D eigenvalue weighted by molar-refractivity contribution is 0.0745. The van der Waals surface area contributed by atoms with Gasteiger partial charge in [0.25, 0.3) is 5.91 Å². The van der Waals surface area contributed by atoms with Crippen LogP contribution < -0.4 is 10.2 Å². The van der Waals surface area contributed by atoms with E-state index < -0.39 is 0 Å². The van der Waals surface area contributed by atoms with Crippen molar-refractivity contribution in [2.24, 2.45) is 0 Å². The molecule has 0 saturated carbocycles. The van der Waals surface area contributed by atoms with E-state index in [1.54, 1.807) is 12.3 Å². The van der Waals surface area contributed by atoms with Crippen molar-refractivity contribution < 1.29 is 4.79 Å². The van der Waals surface area contributed by atoms with E-state index in [0.717, 1.165) is 44.0 Å². The molecule has 26 heavy (non-hydrogen) atoms. The van der Waals surface area contributed by atoms with Gasteiger partial charge in [-0.3, -0.25) is 9.89 Å². The van der Waals surface area contributed by atoms with E-state index in [2.05, 4.69) is 20.4 Å². The van der Waals surface area contributed by atoms with Gasteiger partial charge in [-0.25, -0.2) is 0 Å². The molecule has 2 saturated heterocycles. The molecule has 138 valence electrons. The van der Waals surface area contributed by atoms with E-state index in [1.807, 2.05) is 17.0 Å².